The smallest absolute Gasteiger partial charge is 0.196 e. The largest absolute Gasteiger partial charge is 0.466 e. The fourth-order valence-corrected chi connectivity index (χ4v) is 2.12. The first-order chi connectivity index (χ1) is 7.99. The summed E-state index contributed by atoms with van der Waals surface area (Å²) < 4.78 is 6.32. The van der Waals surface area contributed by atoms with Crippen molar-refractivity contribution in [3.63, 3.8) is 0 Å². The molecule has 2 nitrogen and oxygen atoms in total. The van der Waals surface area contributed by atoms with Crippen LogP contribution in [-0.2, 0) is 0 Å². The number of aryl methyl sites for hydroxylation is 3. The lowest BCUT2D eigenvalue weighted by Gasteiger charge is -2.02. The zero-order chi connectivity index (χ0) is 12.6. The van der Waals surface area contributed by atoms with E-state index in [1.165, 1.54) is 0 Å². The normalized spacial score (nSPS) is 10.6. The highest BCUT2D eigenvalue weighted by atomic mass is 79.9. The van der Waals surface area contributed by atoms with Crippen molar-refractivity contribution in [2.24, 2.45) is 0 Å². The van der Waals surface area contributed by atoms with E-state index in [0.29, 0.717) is 16.9 Å². The average Bonchev–Trinajstić information content (AvgIpc) is 2.61. The molecule has 0 radical (unpaired) electrons. The van der Waals surface area contributed by atoms with Crippen LogP contribution in [0.4, 0.5) is 0 Å². The lowest BCUT2D eigenvalue weighted by Crippen LogP contribution is -2.01. The summed E-state index contributed by atoms with van der Waals surface area (Å²) in [7, 11) is 0. The molecule has 0 N–H and O–H groups in total. The quantitative estimate of drug-likeness (QED) is 0.777. The van der Waals surface area contributed by atoms with Gasteiger partial charge in [-0.05, 0) is 38.5 Å². The Morgan fingerprint density at radius 3 is 2.41 bits per heavy atom. The van der Waals surface area contributed by atoms with Gasteiger partial charge in [0.05, 0.1) is 5.56 Å². The number of halogens is 1. The molecule has 0 spiro atoms. The summed E-state index contributed by atoms with van der Waals surface area (Å²) in [6, 6.07) is 7.40. The summed E-state index contributed by atoms with van der Waals surface area (Å²) in [4.78, 5) is 12.3. The molecule has 0 saturated carbocycles. The van der Waals surface area contributed by atoms with Gasteiger partial charge in [0.2, 0.25) is 0 Å². The van der Waals surface area contributed by atoms with E-state index in [-0.39, 0.29) is 5.78 Å². The molecular formula is C14H13BrO2. The monoisotopic (exact) mass is 292 g/mol. The number of rotatable bonds is 2. The van der Waals surface area contributed by atoms with Crippen molar-refractivity contribution in [1.29, 1.82) is 0 Å². The van der Waals surface area contributed by atoms with Gasteiger partial charge in [-0.1, -0.05) is 28.1 Å². The summed E-state index contributed by atoms with van der Waals surface area (Å²) in [5, 5.41) is 0. The molecule has 0 fully saturated rings. The van der Waals surface area contributed by atoms with E-state index >= 15 is 0 Å². The van der Waals surface area contributed by atoms with Crippen LogP contribution in [0.3, 0.4) is 0 Å². The van der Waals surface area contributed by atoms with Crippen molar-refractivity contribution in [3.8, 4) is 0 Å². The van der Waals surface area contributed by atoms with E-state index in [1.807, 2.05) is 39.0 Å². The Balaban J connectivity index is 2.44. The van der Waals surface area contributed by atoms with Crippen LogP contribution < -0.4 is 0 Å². The van der Waals surface area contributed by atoms with E-state index in [0.717, 1.165) is 15.8 Å². The first kappa shape index (κ1) is 12.1. The second-order valence-electron chi connectivity index (χ2n) is 4.12. The van der Waals surface area contributed by atoms with Crippen molar-refractivity contribution < 1.29 is 9.21 Å². The van der Waals surface area contributed by atoms with Gasteiger partial charge in [0.1, 0.15) is 11.5 Å². The Kier molecular flexibility index (Phi) is 3.20. The number of hydrogen-bond acceptors (Lipinski definition) is 2. The molecular weight excluding hydrogens is 280 g/mol. The zero-order valence-corrected chi connectivity index (χ0v) is 11.6. The van der Waals surface area contributed by atoms with Crippen molar-refractivity contribution in [2.75, 3.05) is 0 Å². The minimum absolute atomic E-state index is 0.0000463. The molecule has 88 valence electrons. The molecule has 0 unspecified atom stereocenters. The number of benzene rings is 1. The Morgan fingerprint density at radius 2 is 1.88 bits per heavy atom. The highest BCUT2D eigenvalue weighted by Crippen LogP contribution is 2.22. The van der Waals surface area contributed by atoms with Crippen LogP contribution in [0.15, 0.2) is 33.2 Å². The molecule has 2 rings (SSSR count). The van der Waals surface area contributed by atoms with Crippen LogP contribution in [0.5, 0.6) is 0 Å². The third-order valence-electron chi connectivity index (χ3n) is 2.72. The predicted molar refractivity (Wildman–Crippen MR) is 70.5 cm³/mol. The predicted octanol–water partition coefficient (Wildman–Crippen LogP) is 4.20. The van der Waals surface area contributed by atoms with E-state index in [9.17, 15) is 4.79 Å². The van der Waals surface area contributed by atoms with Crippen LogP contribution in [0.2, 0.25) is 0 Å². The Morgan fingerprint density at radius 1 is 1.18 bits per heavy atom. The molecule has 0 amide bonds. The average molecular weight is 293 g/mol. The van der Waals surface area contributed by atoms with Gasteiger partial charge in [-0.2, -0.15) is 0 Å². The van der Waals surface area contributed by atoms with E-state index in [1.54, 1.807) is 6.07 Å². The molecule has 0 bridgehead atoms. The summed E-state index contributed by atoms with van der Waals surface area (Å²) in [6.07, 6.45) is 0. The summed E-state index contributed by atoms with van der Waals surface area (Å²) in [6.45, 7) is 5.64. The van der Waals surface area contributed by atoms with Crippen LogP contribution >= 0.6 is 15.9 Å². The van der Waals surface area contributed by atoms with Crippen LogP contribution in [-0.4, -0.2) is 5.78 Å². The number of hydrogen-bond donors (Lipinski definition) is 0. The first-order valence-corrected chi connectivity index (χ1v) is 6.16. The lowest BCUT2D eigenvalue weighted by molar-refractivity contribution is 0.103. The van der Waals surface area contributed by atoms with Crippen LogP contribution in [0.25, 0.3) is 0 Å². The third-order valence-corrected chi connectivity index (χ3v) is 3.57. The SMILES string of the molecule is Cc1cc(C(=O)c2ccc(C)c(Br)c2)c(C)o1. The number of ketones is 1. The molecule has 0 aliphatic heterocycles. The number of carbonyl (C=O) groups excluding carboxylic acids is 1. The summed E-state index contributed by atoms with van der Waals surface area (Å²) >= 11 is 3.43. The Hall–Kier alpha value is -1.35. The molecule has 17 heavy (non-hydrogen) atoms. The highest BCUT2D eigenvalue weighted by Gasteiger charge is 2.15. The lowest BCUT2D eigenvalue weighted by atomic mass is 10.0. The molecule has 2 aromatic rings. The molecule has 3 heteroatoms. The van der Waals surface area contributed by atoms with E-state index < -0.39 is 0 Å². The minimum atomic E-state index is 0.0000463. The molecule has 0 saturated heterocycles. The molecule has 0 atom stereocenters. The fraction of sp³-hybridized carbons (Fsp3) is 0.214. The molecule has 0 aliphatic rings. The molecule has 0 aliphatic carbocycles. The van der Waals surface area contributed by atoms with Crippen molar-refractivity contribution in [2.45, 2.75) is 20.8 Å². The van der Waals surface area contributed by atoms with Gasteiger partial charge in [-0.25, -0.2) is 0 Å². The van der Waals surface area contributed by atoms with Gasteiger partial charge in [-0.15, -0.1) is 0 Å². The van der Waals surface area contributed by atoms with E-state index in [2.05, 4.69) is 15.9 Å². The van der Waals surface area contributed by atoms with E-state index in [4.69, 9.17) is 4.42 Å². The maximum atomic E-state index is 12.3. The van der Waals surface area contributed by atoms with Gasteiger partial charge in [-0.3, -0.25) is 4.79 Å². The van der Waals surface area contributed by atoms with Gasteiger partial charge < -0.3 is 4.42 Å². The number of furan rings is 1. The standard InChI is InChI=1S/C14H13BrO2/c1-8-4-5-11(7-13(8)15)14(16)12-6-9(2)17-10(12)3/h4-7H,1-3H3. The minimum Gasteiger partial charge on any atom is -0.466 e. The van der Waals surface area contributed by atoms with Gasteiger partial charge >= 0.3 is 0 Å². The summed E-state index contributed by atoms with van der Waals surface area (Å²) in [5.74, 6) is 1.43. The molecule has 1 heterocycles. The van der Waals surface area contributed by atoms with Gasteiger partial charge in [0.25, 0.3) is 0 Å². The second-order valence-corrected chi connectivity index (χ2v) is 4.97. The number of carbonyl (C=O) groups is 1. The maximum Gasteiger partial charge on any atom is 0.196 e. The van der Waals surface area contributed by atoms with Crippen molar-refractivity contribution in [3.05, 3.63) is 56.9 Å². The first-order valence-electron chi connectivity index (χ1n) is 5.37. The fourth-order valence-electron chi connectivity index (χ4n) is 1.75. The second kappa shape index (κ2) is 4.49. The third kappa shape index (κ3) is 2.34. The molecule has 1 aromatic heterocycles. The van der Waals surface area contributed by atoms with Gasteiger partial charge in [0.15, 0.2) is 5.78 Å². The van der Waals surface area contributed by atoms with Gasteiger partial charge in [0, 0.05) is 10.0 Å². The topological polar surface area (TPSA) is 30.2 Å². The Bertz CT molecular complexity index is 582. The molecule has 1 aromatic carbocycles. The Labute approximate surface area is 109 Å². The highest BCUT2D eigenvalue weighted by molar-refractivity contribution is 9.10. The van der Waals surface area contributed by atoms with Crippen molar-refractivity contribution in [1.82, 2.24) is 0 Å². The summed E-state index contributed by atoms with van der Waals surface area (Å²) in [5.41, 5.74) is 2.42. The van der Waals surface area contributed by atoms with Crippen LogP contribution in [0, 0.1) is 20.8 Å². The van der Waals surface area contributed by atoms with Crippen molar-refractivity contribution >= 4 is 21.7 Å². The van der Waals surface area contributed by atoms with Crippen LogP contribution in [0.1, 0.15) is 33.0 Å². The maximum absolute atomic E-state index is 12.3. The zero-order valence-electron chi connectivity index (χ0n) is 10.0.